The molecule has 1 saturated heterocycles. The number of aromatic carboxylic acids is 1. The lowest BCUT2D eigenvalue weighted by Crippen LogP contribution is -2.35. The van der Waals surface area contributed by atoms with Gasteiger partial charge in [-0.15, -0.1) is 0 Å². The minimum atomic E-state index is -1.23. The summed E-state index contributed by atoms with van der Waals surface area (Å²) in [6.07, 6.45) is 3.30. The number of benzene rings is 1. The number of nitrogens with two attached hydrogens (primary N) is 1. The maximum absolute atomic E-state index is 13.3. The fraction of sp³-hybridized carbons (Fsp3) is 0.417. The lowest BCUT2D eigenvalue weighted by Gasteiger charge is -2.28. The number of halogens is 1. The minimum Gasteiger partial charge on any atom is -0.478 e. The topological polar surface area (TPSA) is 78.6 Å². The highest BCUT2D eigenvalue weighted by molar-refractivity contribution is 5.99. The number of carbonyl (C=O) groups is 1. The Morgan fingerprint density at radius 1 is 1.33 bits per heavy atom. The van der Waals surface area contributed by atoms with Crippen LogP contribution in [0.4, 0.5) is 15.8 Å². The normalized spacial score (nSPS) is 16.5. The highest BCUT2D eigenvalue weighted by atomic mass is 19.1. The molecule has 1 aliphatic heterocycles. The molecule has 1 aliphatic rings. The summed E-state index contributed by atoms with van der Waals surface area (Å²) in [4.78, 5) is 11.1. The summed E-state index contributed by atoms with van der Waals surface area (Å²) in [6, 6.07) is 2.58. The summed E-state index contributed by atoms with van der Waals surface area (Å²) in [5.41, 5.74) is 8.28. The number of nitrogens with one attached hydrogen (secondary N) is 1. The zero-order valence-corrected chi connectivity index (χ0v) is 9.95. The third-order valence-corrected chi connectivity index (χ3v) is 3.04. The van der Waals surface area contributed by atoms with E-state index in [1.807, 2.05) is 5.01 Å². The van der Waals surface area contributed by atoms with Gasteiger partial charge in [0.05, 0.1) is 11.4 Å². The molecular weight excluding hydrogens is 237 g/mol. The van der Waals surface area contributed by atoms with Crippen LogP contribution in [0.15, 0.2) is 12.1 Å². The van der Waals surface area contributed by atoms with Crippen LogP contribution in [0.25, 0.3) is 0 Å². The number of piperidine rings is 1. The van der Waals surface area contributed by atoms with Crippen molar-refractivity contribution in [3.05, 3.63) is 23.5 Å². The zero-order chi connectivity index (χ0) is 13.1. The number of hydrogen-bond acceptors (Lipinski definition) is 4. The third kappa shape index (κ3) is 2.53. The first-order chi connectivity index (χ1) is 8.59. The quantitative estimate of drug-likeness (QED) is 0.717. The van der Waals surface area contributed by atoms with Gasteiger partial charge in [0.25, 0.3) is 0 Å². The molecule has 5 nitrogen and oxygen atoms in total. The average Bonchev–Trinajstić information content (AvgIpc) is 2.35. The largest absolute Gasteiger partial charge is 0.478 e. The summed E-state index contributed by atoms with van der Waals surface area (Å²) < 4.78 is 13.3. The fourth-order valence-electron chi connectivity index (χ4n) is 2.09. The van der Waals surface area contributed by atoms with E-state index in [0.29, 0.717) is 5.69 Å². The van der Waals surface area contributed by atoms with Crippen molar-refractivity contribution in [1.82, 2.24) is 5.01 Å². The fourth-order valence-corrected chi connectivity index (χ4v) is 2.09. The van der Waals surface area contributed by atoms with Gasteiger partial charge in [-0.2, -0.15) is 0 Å². The molecule has 1 fully saturated rings. The van der Waals surface area contributed by atoms with Gasteiger partial charge in [-0.05, 0) is 25.0 Å². The smallest absolute Gasteiger partial charge is 0.340 e. The third-order valence-electron chi connectivity index (χ3n) is 3.04. The van der Waals surface area contributed by atoms with Crippen LogP contribution in [0, 0.1) is 5.82 Å². The van der Waals surface area contributed by atoms with Crippen LogP contribution in [0.5, 0.6) is 0 Å². The second-order valence-electron chi connectivity index (χ2n) is 4.35. The Morgan fingerprint density at radius 3 is 2.61 bits per heavy atom. The lowest BCUT2D eigenvalue weighted by atomic mass is 10.1. The van der Waals surface area contributed by atoms with Crippen LogP contribution < -0.4 is 11.2 Å². The van der Waals surface area contributed by atoms with Crippen molar-refractivity contribution < 1.29 is 14.3 Å². The molecule has 0 saturated carbocycles. The number of rotatable bonds is 3. The van der Waals surface area contributed by atoms with E-state index in [1.165, 1.54) is 18.6 Å². The number of anilines is 2. The van der Waals surface area contributed by atoms with Crippen molar-refractivity contribution >= 4 is 17.3 Å². The van der Waals surface area contributed by atoms with Gasteiger partial charge >= 0.3 is 5.97 Å². The van der Waals surface area contributed by atoms with Gasteiger partial charge < -0.3 is 16.3 Å². The molecule has 18 heavy (non-hydrogen) atoms. The Labute approximate surface area is 104 Å². The van der Waals surface area contributed by atoms with Crippen molar-refractivity contribution in [3.8, 4) is 0 Å². The first-order valence-electron chi connectivity index (χ1n) is 5.92. The van der Waals surface area contributed by atoms with Gasteiger partial charge in [0.2, 0.25) is 0 Å². The molecule has 6 heteroatoms. The molecule has 0 aromatic heterocycles. The van der Waals surface area contributed by atoms with Gasteiger partial charge in [-0.3, -0.25) is 0 Å². The zero-order valence-electron chi connectivity index (χ0n) is 9.95. The number of hydrogen-bond donors (Lipinski definition) is 3. The molecule has 0 aliphatic carbocycles. The molecule has 1 aromatic carbocycles. The summed E-state index contributed by atoms with van der Waals surface area (Å²) in [6.45, 7) is 1.69. The summed E-state index contributed by atoms with van der Waals surface area (Å²) >= 11 is 0. The number of carboxylic acid groups (broad SMARTS) is 1. The molecule has 0 radical (unpaired) electrons. The molecule has 0 unspecified atom stereocenters. The van der Waals surface area contributed by atoms with Crippen LogP contribution in [0.2, 0.25) is 0 Å². The molecule has 0 spiro atoms. The first-order valence-corrected chi connectivity index (χ1v) is 5.92. The number of carboxylic acids is 1. The molecule has 0 amide bonds. The van der Waals surface area contributed by atoms with E-state index in [2.05, 4.69) is 5.43 Å². The second kappa shape index (κ2) is 5.22. The van der Waals surface area contributed by atoms with Crippen molar-refractivity contribution in [2.24, 2.45) is 0 Å². The molecule has 1 heterocycles. The lowest BCUT2D eigenvalue weighted by molar-refractivity contribution is 0.0698. The highest BCUT2D eigenvalue weighted by Crippen LogP contribution is 2.26. The van der Waals surface area contributed by atoms with Crippen LogP contribution >= 0.6 is 0 Å². The number of nitrogen functional groups attached to an aromatic ring is 1. The SMILES string of the molecule is Nc1c(F)ccc(NN2CCCCC2)c1C(=O)O. The summed E-state index contributed by atoms with van der Waals surface area (Å²) in [5, 5.41) is 11.0. The van der Waals surface area contributed by atoms with Crippen molar-refractivity contribution in [3.63, 3.8) is 0 Å². The van der Waals surface area contributed by atoms with E-state index < -0.39 is 11.8 Å². The molecular formula is C12H16FN3O2. The van der Waals surface area contributed by atoms with E-state index >= 15 is 0 Å². The highest BCUT2D eigenvalue weighted by Gasteiger charge is 2.19. The Balaban J connectivity index is 2.26. The van der Waals surface area contributed by atoms with Gasteiger partial charge in [-0.25, -0.2) is 14.2 Å². The Bertz CT molecular complexity index is 459. The average molecular weight is 253 g/mol. The van der Waals surface area contributed by atoms with Gasteiger partial charge in [-0.1, -0.05) is 6.42 Å². The molecule has 98 valence electrons. The Morgan fingerprint density at radius 2 is 2.00 bits per heavy atom. The monoisotopic (exact) mass is 253 g/mol. The Hall–Kier alpha value is -1.82. The molecule has 2 rings (SSSR count). The maximum Gasteiger partial charge on any atom is 0.340 e. The minimum absolute atomic E-state index is 0.208. The predicted octanol–water partition coefficient (Wildman–Crippen LogP) is 1.92. The molecule has 4 N–H and O–H groups in total. The van der Waals surface area contributed by atoms with E-state index in [0.717, 1.165) is 25.9 Å². The molecule has 0 atom stereocenters. The van der Waals surface area contributed by atoms with E-state index in [9.17, 15) is 9.18 Å². The van der Waals surface area contributed by atoms with Gasteiger partial charge in [0, 0.05) is 13.1 Å². The maximum atomic E-state index is 13.3. The van der Waals surface area contributed by atoms with Crippen molar-refractivity contribution in [1.29, 1.82) is 0 Å². The van der Waals surface area contributed by atoms with Crippen LogP contribution in [0.3, 0.4) is 0 Å². The van der Waals surface area contributed by atoms with Crippen molar-refractivity contribution in [2.45, 2.75) is 19.3 Å². The van der Waals surface area contributed by atoms with Crippen LogP contribution in [0.1, 0.15) is 29.6 Å². The van der Waals surface area contributed by atoms with Crippen LogP contribution in [-0.4, -0.2) is 29.2 Å². The molecule has 1 aromatic rings. The van der Waals surface area contributed by atoms with Gasteiger partial charge in [0.15, 0.2) is 0 Å². The summed E-state index contributed by atoms with van der Waals surface area (Å²) in [5.74, 6) is -1.94. The standard InChI is InChI=1S/C12H16FN3O2/c13-8-4-5-9(10(11(8)14)12(17)18)15-16-6-2-1-3-7-16/h4-5,15H,1-3,6-7,14H2,(H,17,18). The van der Waals surface area contributed by atoms with Crippen LogP contribution in [-0.2, 0) is 0 Å². The van der Waals surface area contributed by atoms with Gasteiger partial charge in [0.1, 0.15) is 11.4 Å². The van der Waals surface area contributed by atoms with E-state index in [-0.39, 0.29) is 11.3 Å². The second-order valence-corrected chi connectivity index (χ2v) is 4.35. The predicted molar refractivity (Wildman–Crippen MR) is 66.8 cm³/mol. The molecule has 0 bridgehead atoms. The summed E-state index contributed by atoms with van der Waals surface area (Å²) in [7, 11) is 0. The van der Waals surface area contributed by atoms with E-state index in [4.69, 9.17) is 10.8 Å². The number of hydrazine groups is 1. The first kappa shape index (κ1) is 12.6. The Kier molecular flexibility index (Phi) is 3.66. The van der Waals surface area contributed by atoms with Crippen molar-refractivity contribution in [2.75, 3.05) is 24.2 Å². The number of nitrogens with zero attached hydrogens (tertiary/aromatic N) is 1. The van der Waals surface area contributed by atoms with E-state index in [1.54, 1.807) is 0 Å².